The molecule has 20 heavy (non-hydrogen) atoms. The molecule has 1 aliphatic heterocycles. The van der Waals surface area contributed by atoms with Crippen LogP contribution in [0.2, 0.25) is 0 Å². The van der Waals surface area contributed by atoms with Gasteiger partial charge in [-0.2, -0.15) is 0 Å². The summed E-state index contributed by atoms with van der Waals surface area (Å²) in [4.78, 5) is 15.8. The molecule has 0 radical (unpaired) electrons. The molecule has 2 atom stereocenters. The van der Waals surface area contributed by atoms with Crippen molar-refractivity contribution in [2.75, 3.05) is 13.7 Å². The molecule has 1 aromatic rings. The van der Waals surface area contributed by atoms with Crippen LogP contribution in [0.15, 0.2) is 29.4 Å². The van der Waals surface area contributed by atoms with Gasteiger partial charge in [-0.05, 0) is 29.6 Å². The number of carboxylic acids is 1. The van der Waals surface area contributed by atoms with Gasteiger partial charge in [0.25, 0.3) is 0 Å². The van der Waals surface area contributed by atoms with Crippen LogP contribution < -0.4 is 4.74 Å². The molecule has 0 amide bonds. The van der Waals surface area contributed by atoms with Crippen molar-refractivity contribution in [2.24, 2.45) is 5.11 Å². The van der Waals surface area contributed by atoms with E-state index in [0.717, 1.165) is 11.3 Å². The Morgan fingerprint density at radius 1 is 1.55 bits per heavy atom. The van der Waals surface area contributed by atoms with E-state index in [1.165, 1.54) is 0 Å². The number of carboxylic acid groups (broad SMARTS) is 1. The summed E-state index contributed by atoms with van der Waals surface area (Å²) in [5.41, 5.74) is 9.46. The first kappa shape index (κ1) is 14.2. The van der Waals surface area contributed by atoms with Gasteiger partial charge in [0.15, 0.2) is 0 Å². The molecule has 7 nitrogen and oxygen atoms in total. The van der Waals surface area contributed by atoms with Gasteiger partial charge in [-0.1, -0.05) is 17.2 Å². The summed E-state index contributed by atoms with van der Waals surface area (Å²) in [7, 11) is 1.60. The Kier molecular flexibility index (Phi) is 4.45. The van der Waals surface area contributed by atoms with E-state index >= 15 is 0 Å². The van der Waals surface area contributed by atoms with Crippen molar-refractivity contribution in [2.45, 2.75) is 25.0 Å². The lowest BCUT2D eigenvalue weighted by Crippen LogP contribution is -2.35. The first-order chi connectivity index (χ1) is 9.63. The Balaban J connectivity index is 2.08. The molecule has 2 unspecified atom stereocenters. The number of hydrogen-bond acceptors (Lipinski definition) is 4. The number of carbonyl (C=O) groups is 1. The summed E-state index contributed by atoms with van der Waals surface area (Å²) in [5, 5.41) is 12.9. The first-order valence-corrected chi connectivity index (χ1v) is 6.28. The topological polar surface area (TPSA) is 98.5 Å². The van der Waals surface area contributed by atoms with E-state index in [1.54, 1.807) is 7.11 Å². The number of likely N-dealkylation sites (tertiary alicyclic amines) is 1. The molecule has 1 heterocycles. The van der Waals surface area contributed by atoms with E-state index in [0.29, 0.717) is 19.5 Å². The van der Waals surface area contributed by atoms with E-state index in [2.05, 4.69) is 10.0 Å². The SMILES string of the molecule is COc1ccc(CN2CC(N=[N+]=[N-])CC2C(=O)O)cc1. The van der Waals surface area contributed by atoms with Crippen LogP contribution in [-0.2, 0) is 11.3 Å². The van der Waals surface area contributed by atoms with E-state index in [-0.39, 0.29) is 6.04 Å². The molecule has 0 aromatic heterocycles. The van der Waals surface area contributed by atoms with Gasteiger partial charge in [-0.15, -0.1) is 0 Å². The number of nitrogens with zero attached hydrogens (tertiary/aromatic N) is 4. The maximum Gasteiger partial charge on any atom is 0.320 e. The van der Waals surface area contributed by atoms with Gasteiger partial charge in [0.1, 0.15) is 11.8 Å². The highest BCUT2D eigenvalue weighted by Gasteiger charge is 2.36. The third-order valence-electron chi connectivity index (χ3n) is 3.43. The van der Waals surface area contributed by atoms with Gasteiger partial charge < -0.3 is 9.84 Å². The number of hydrogen-bond donors (Lipinski definition) is 1. The third kappa shape index (κ3) is 3.20. The van der Waals surface area contributed by atoms with Gasteiger partial charge in [0, 0.05) is 18.0 Å². The summed E-state index contributed by atoms with van der Waals surface area (Å²) in [6.07, 6.45) is 0.357. The molecule has 7 heteroatoms. The number of methoxy groups -OCH3 is 1. The van der Waals surface area contributed by atoms with Gasteiger partial charge in [-0.25, -0.2) is 0 Å². The van der Waals surface area contributed by atoms with Crippen LogP contribution in [0.25, 0.3) is 10.4 Å². The van der Waals surface area contributed by atoms with Crippen molar-refractivity contribution in [1.29, 1.82) is 0 Å². The summed E-state index contributed by atoms with van der Waals surface area (Å²) in [6, 6.07) is 6.60. The summed E-state index contributed by atoms with van der Waals surface area (Å²) in [6.45, 7) is 0.978. The van der Waals surface area contributed by atoms with Gasteiger partial charge in [0.2, 0.25) is 0 Å². The molecule has 2 rings (SSSR count). The number of benzene rings is 1. The maximum atomic E-state index is 11.3. The highest BCUT2D eigenvalue weighted by Crippen LogP contribution is 2.23. The zero-order valence-corrected chi connectivity index (χ0v) is 11.1. The Labute approximate surface area is 116 Å². The Morgan fingerprint density at radius 2 is 2.25 bits per heavy atom. The van der Waals surface area contributed by atoms with E-state index in [1.807, 2.05) is 29.2 Å². The monoisotopic (exact) mass is 276 g/mol. The van der Waals surface area contributed by atoms with Gasteiger partial charge in [-0.3, -0.25) is 9.69 Å². The molecular weight excluding hydrogens is 260 g/mol. The highest BCUT2D eigenvalue weighted by molar-refractivity contribution is 5.74. The maximum absolute atomic E-state index is 11.3. The molecule has 0 aliphatic carbocycles. The number of rotatable bonds is 5. The van der Waals surface area contributed by atoms with Crippen molar-refractivity contribution >= 4 is 5.97 Å². The molecule has 0 spiro atoms. The van der Waals surface area contributed by atoms with Crippen LogP contribution in [-0.4, -0.2) is 41.7 Å². The average Bonchev–Trinajstić information content (AvgIpc) is 2.83. The average molecular weight is 276 g/mol. The molecule has 106 valence electrons. The van der Waals surface area contributed by atoms with Crippen LogP contribution in [0.3, 0.4) is 0 Å². The molecule has 1 aromatic carbocycles. The fourth-order valence-electron chi connectivity index (χ4n) is 2.43. The highest BCUT2D eigenvalue weighted by atomic mass is 16.5. The normalized spacial score (nSPS) is 22.2. The zero-order valence-electron chi connectivity index (χ0n) is 11.1. The second-order valence-electron chi connectivity index (χ2n) is 4.73. The Morgan fingerprint density at radius 3 is 2.80 bits per heavy atom. The lowest BCUT2D eigenvalue weighted by molar-refractivity contribution is -0.142. The predicted molar refractivity (Wildman–Crippen MR) is 72.4 cm³/mol. The predicted octanol–water partition coefficient (Wildman–Crippen LogP) is 2.03. The van der Waals surface area contributed by atoms with Gasteiger partial charge >= 0.3 is 5.97 Å². The van der Waals surface area contributed by atoms with Crippen LogP contribution in [0.4, 0.5) is 0 Å². The molecule has 0 saturated carbocycles. The fraction of sp³-hybridized carbons (Fsp3) is 0.462. The Hall–Kier alpha value is -2.24. The minimum Gasteiger partial charge on any atom is -0.497 e. The van der Waals surface area contributed by atoms with Crippen LogP contribution in [0.1, 0.15) is 12.0 Å². The van der Waals surface area contributed by atoms with Crippen molar-refractivity contribution < 1.29 is 14.6 Å². The Bertz CT molecular complexity index is 525. The molecule has 1 saturated heterocycles. The van der Waals surface area contributed by atoms with Crippen molar-refractivity contribution in [1.82, 2.24) is 4.90 Å². The van der Waals surface area contributed by atoms with E-state index < -0.39 is 12.0 Å². The van der Waals surface area contributed by atoms with Crippen LogP contribution in [0.5, 0.6) is 5.75 Å². The van der Waals surface area contributed by atoms with Crippen LogP contribution >= 0.6 is 0 Å². The van der Waals surface area contributed by atoms with Gasteiger partial charge in [0.05, 0.1) is 13.2 Å². The summed E-state index contributed by atoms with van der Waals surface area (Å²) in [5.74, 6) is -0.119. The summed E-state index contributed by atoms with van der Waals surface area (Å²) < 4.78 is 5.08. The lowest BCUT2D eigenvalue weighted by Gasteiger charge is -2.21. The van der Waals surface area contributed by atoms with Crippen molar-refractivity contribution in [3.63, 3.8) is 0 Å². The zero-order chi connectivity index (χ0) is 14.5. The minimum absolute atomic E-state index is 0.278. The molecular formula is C13H16N4O3. The van der Waals surface area contributed by atoms with E-state index in [9.17, 15) is 9.90 Å². The van der Waals surface area contributed by atoms with Crippen LogP contribution in [0, 0.1) is 0 Å². The second-order valence-corrected chi connectivity index (χ2v) is 4.73. The number of azide groups is 1. The molecule has 1 aliphatic rings. The quantitative estimate of drug-likeness (QED) is 0.505. The second kappa shape index (κ2) is 6.27. The molecule has 1 fully saturated rings. The number of ether oxygens (including phenoxy) is 1. The molecule has 0 bridgehead atoms. The molecule has 1 N–H and O–H groups in total. The third-order valence-corrected chi connectivity index (χ3v) is 3.43. The summed E-state index contributed by atoms with van der Waals surface area (Å²) >= 11 is 0. The fourth-order valence-corrected chi connectivity index (χ4v) is 2.43. The lowest BCUT2D eigenvalue weighted by atomic mass is 10.1. The van der Waals surface area contributed by atoms with Crippen molar-refractivity contribution in [3.8, 4) is 5.75 Å². The van der Waals surface area contributed by atoms with E-state index in [4.69, 9.17) is 10.3 Å². The number of aliphatic carboxylic acids is 1. The largest absolute Gasteiger partial charge is 0.497 e. The smallest absolute Gasteiger partial charge is 0.320 e. The first-order valence-electron chi connectivity index (χ1n) is 6.28. The minimum atomic E-state index is -0.880. The van der Waals surface area contributed by atoms with Crippen molar-refractivity contribution in [3.05, 3.63) is 40.3 Å². The standard InChI is InChI=1S/C13H16N4O3/c1-20-11-4-2-9(3-5-11)7-17-8-10(15-16-14)6-12(17)13(18)19/h2-5,10,12H,6-8H2,1H3,(H,18,19).